The standard InChI is InChI=1S/C25H21N5O7/c1-15-19(13-14-20(31)21-22(32)27(2)25(34)28(3)23(21)33)24(29(26-15)16-7-5-4-6-8-16)37-18-11-9-17(10-12-18)30(35)36/h4-14,21H,1-3H3/b14-13+. The lowest BCUT2D eigenvalue weighted by molar-refractivity contribution is -0.384. The minimum Gasteiger partial charge on any atom is -0.438 e. The van der Waals surface area contributed by atoms with Crippen molar-refractivity contribution in [2.24, 2.45) is 5.92 Å². The molecule has 3 aromatic rings. The molecule has 0 atom stereocenters. The molecule has 0 saturated carbocycles. The molecule has 188 valence electrons. The molecule has 0 aliphatic carbocycles. The van der Waals surface area contributed by atoms with Gasteiger partial charge in [-0.1, -0.05) is 18.2 Å². The number of urea groups is 1. The topological polar surface area (TPSA) is 145 Å². The van der Waals surface area contributed by atoms with Crippen molar-refractivity contribution in [2.45, 2.75) is 6.92 Å². The Hall–Kier alpha value is -5.13. The van der Waals surface area contributed by atoms with Crippen LogP contribution in [0.2, 0.25) is 0 Å². The second kappa shape index (κ2) is 9.85. The van der Waals surface area contributed by atoms with Crippen LogP contribution in [0.5, 0.6) is 11.6 Å². The number of aryl methyl sites for hydroxylation is 1. The fourth-order valence-electron chi connectivity index (χ4n) is 3.71. The molecule has 1 fully saturated rings. The number of ketones is 1. The van der Waals surface area contributed by atoms with Gasteiger partial charge in [-0.25, -0.2) is 4.79 Å². The molecule has 12 nitrogen and oxygen atoms in total. The van der Waals surface area contributed by atoms with Crippen LogP contribution < -0.4 is 4.74 Å². The van der Waals surface area contributed by atoms with Gasteiger partial charge >= 0.3 is 6.03 Å². The number of hydrogen-bond acceptors (Lipinski definition) is 8. The molecule has 0 spiro atoms. The summed E-state index contributed by atoms with van der Waals surface area (Å²) >= 11 is 0. The van der Waals surface area contributed by atoms with E-state index in [0.29, 0.717) is 16.9 Å². The molecule has 1 aliphatic heterocycles. The van der Waals surface area contributed by atoms with Gasteiger partial charge in [-0.2, -0.15) is 9.78 Å². The average Bonchev–Trinajstić information content (AvgIpc) is 3.20. The van der Waals surface area contributed by atoms with Crippen molar-refractivity contribution in [3.8, 4) is 17.3 Å². The van der Waals surface area contributed by atoms with Crippen LogP contribution in [0.15, 0.2) is 60.7 Å². The number of rotatable bonds is 7. The van der Waals surface area contributed by atoms with Crippen molar-refractivity contribution in [3.63, 3.8) is 0 Å². The Morgan fingerprint density at radius 3 is 2.16 bits per heavy atom. The van der Waals surface area contributed by atoms with Gasteiger partial charge in [-0.15, -0.1) is 0 Å². The highest BCUT2D eigenvalue weighted by atomic mass is 16.6. The fourth-order valence-corrected chi connectivity index (χ4v) is 3.71. The lowest BCUT2D eigenvalue weighted by Gasteiger charge is -2.31. The molecule has 1 aromatic heterocycles. The van der Waals surface area contributed by atoms with Crippen LogP contribution in [0.3, 0.4) is 0 Å². The number of amides is 4. The van der Waals surface area contributed by atoms with Gasteiger partial charge in [0, 0.05) is 26.2 Å². The second-order valence-corrected chi connectivity index (χ2v) is 8.15. The molecule has 0 bridgehead atoms. The van der Waals surface area contributed by atoms with Crippen molar-refractivity contribution in [2.75, 3.05) is 14.1 Å². The van der Waals surface area contributed by atoms with Gasteiger partial charge in [0.1, 0.15) is 5.75 Å². The minimum absolute atomic E-state index is 0.110. The molecule has 1 aliphatic rings. The monoisotopic (exact) mass is 503 g/mol. The summed E-state index contributed by atoms with van der Waals surface area (Å²) in [6.45, 7) is 1.68. The van der Waals surface area contributed by atoms with Gasteiger partial charge < -0.3 is 4.74 Å². The molecule has 2 aromatic carbocycles. The largest absolute Gasteiger partial charge is 0.438 e. The van der Waals surface area contributed by atoms with Gasteiger partial charge in [0.2, 0.25) is 5.88 Å². The van der Waals surface area contributed by atoms with E-state index in [1.165, 1.54) is 49.1 Å². The van der Waals surface area contributed by atoms with E-state index in [1.807, 2.05) is 6.07 Å². The van der Waals surface area contributed by atoms with Gasteiger partial charge in [-0.3, -0.25) is 34.3 Å². The van der Waals surface area contributed by atoms with E-state index in [2.05, 4.69) is 5.10 Å². The number of aromatic nitrogens is 2. The molecule has 12 heteroatoms. The number of carbonyl (C=O) groups is 4. The van der Waals surface area contributed by atoms with E-state index >= 15 is 0 Å². The number of hydrogen-bond donors (Lipinski definition) is 0. The fraction of sp³-hybridized carbons (Fsp3) is 0.160. The lowest BCUT2D eigenvalue weighted by atomic mass is 9.98. The molecular weight excluding hydrogens is 482 g/mol. The number of carbonyl (C=O) groups excluding carboxylic acids is 4. The van der Waals surface area contributed by atoms with Crippen LogP contribution in [-0.2, 0) is 14.4 Å². The molecule has 37 heavy (non-hydrogen) atoms. The van der Waals surface area contributed by atoms with Crippen LogP contribution in [-0.4, -0.2) is 62.2 Å². The number of ether oxygens (including phenoxy) is 1. The van der Waals surface area contributed by atoms with Gasteiger partial charge in [0.15, 0.2) is 11.7 Å². The predicted octanol–water partition coefficient (Wildman–Crippen LogP) is 3.13. The third kappa shape index (κ3) is 4.72. The lowest BCUT2D eigenvalue weighted by Crippen LogP contribution is -2.58. The highest BCUT2D eigenvalue weighted by Gasteiger charge is 2.45. The SMILES string of the molecule is Cc1nn(-c2ccccc2)c(Oc2ccc([N+](=O)[O-])cc2)c1/C=C/C(=O)C1C(=O)N(C)C(=O)N(C)C1=O. The number of allylic oxidation sites excluding steroid dienone is 1. The van der Waals surface area contributed by atoms with Crippen molar-refractivity contribution >= 4 is 35.4 Å². The molecule has 0 N–H and O–H groups in total. The van der Waals surface area contributed by atoms with Crippen LogP contribution in [0.1, 0.15) is 11.3 Å². The summed E-state index contributed by atoms with van der Waals surface area (Å²) in [4.78, 5) is 61.8. The summed E-state index contributed by atoms with van der Waals surface area (Å²) in [6, 6.07) is 13.6. The maximum absolute atomic E-state index is 12.9. The molecule has 4 amide bonds. The maximum atomic E-state index is 12.9. The van der Waals surface area contributed by atoms with Gasteiger partial charge in [0.05, 0.1) is 21.9 Å². The first kappa shape index (κ1) is 25.0. The Labute approximate surface area is 210 Å². The van der Waals surface area contributed by atoms with Crippen LogP contribution in [0, 0.1) is 23.0 Å². The summed E-state index contributed by atoms with van der Waals surface area (Å²) in [7, 11) is 2.39. The summed E-state index contributed by atoms with van der Waals surface area (Å²) in [6.07, 6.45) is 2.45. The van der Waals surface area contributed by atoms with E-state index in [0.717, 1.165) is 15.9 Å². The summed E-state index contributed by atoms with van der Waals surface area (Å²) in [5.41, 5.74) is 1.38. The Kier molecular flexibility index (Phi) is 6.65. The molecule has 0 unspecified atom stereocenters. The predicted molar refractivity (Wildman–Crippen MR) is 130 cm³/mol. The van der Waals surface area contributed by atoms with Crippen molar-refractivity contribution in [1.82, 2.24) is 19.6 Å². The number of imide groups is 2. The Balaban J connectivity index is 1.72. The number of nitro groups is 1. The number of non-ortho nitro benzene ring substituents is 1. The first-order valence-electron chi connectivity index (χ1n) is 11.0. The first-order valence-corrected chi connectivity index (χ1v) is 11.0. The highest BCUT2D eigenvalue weighted by Crippen LogP contribution is 2.32. The van der Waals surface area contributed by atoms with Gasteiger partial charge in [0.25, 0.3) is 17.5 Å². The maximum Gasteiger partial charge on any atom is 0.332 e. The highest BCUT2D eigenvalue weighted by molar-refractivity contribution is 6.28. The molecule has 1 saturated heterocycles. The smallest absolute Gasteiger partial charge is 0.332 e. The van der Waals surface area contributed by atoms with E-state index in [1.54, 1.807) is 31.2 Å². The van der Waals surface area contributed by atoms with Crippen LogP contribution >= 0.6 is 0 Å². The zero-order valence-corrected chi connectivity index (χ0v) is 20.0. The number of benzene rings is 2. The van der Waals surface area contributed by atoms with Crippen molar-refractivity contribution in [1.29, 1.82) is 0 Å². The Morgan fingerprint density at radius 1 is 1.00 bits per heavy atom. The molecule has 4 rings (SSSR count). The minimum atomic E-state index is -1.69. The van der Waals surface area contributed by atoms with Crippen LogP contribution in [0.25, 0.3) is 11.8 Å². The molecule has 0 radical (unpaired) electrons. The normalized spacial score (nSPS) is 14.5. The summed E-state index contributed by atoms with van der Waals surface area (Å²) in [5.74, 6) is -3.85. The number of barbiturate groups is 1. The average molecular weight is 503 g/mol. The third-order valence-corrected chi connectivity index (χ3v) is 5.75. The number of nitrogens with zero attached hydrogens (tertiary/aromatic N) is 5. The Bertz CT molecular complexity index is 1420. The van der Waals surface area contributed by atoms with E-state index < -0.39 is 34.5 Å². The third-order valence-electron chi connectivity index (χ3n) is 5.75. The summed E-state index contributed by atoms with van der Waals surface area (Å²) < 4.78 is 7.54. The zero-order chi connectivity index (χ0) is 26.9. The van der Waals surface area contributed by atoms with E-state index in [-0.39, 0.29) is 17.3 Å². The number of nitro benzene ring substituents is 1. The van der Waals surface area contributed by atoms with Crippen molar-refractivity contribution in [3.05, 3.63) is 82.0 Å². The van der Waals surface area contributed by atoms with Crippen LogP contribution in [0.4, 0.5) is 10.5 Å². The summed E-state index contributed by atoms with van der Waals surface area (Å²) in [5, 5.41) is 15.5. The number of para-hydroxylation sites is 1. The zero-order valence-electron chi connectivity index (χ0n) is 20.0. The Morgan fingerprint density at radius 2 is 1.59 bits per heavy atom. The second-order valence-electron chi connectivity index (χ2n) is 8.15. The van der Waals surface area contributed by atoms with Gasteiger partial charge in [-0.05, 0) is 43.3 Å². The van der Waals surface area contributed by atoms with E-state index in [9.17, 15) is 29.3 Å². The van der Waals surface area contributed by atoms with E-state index in [4.69, 9.17) is 4.74 Å². The van der Waals surface area contributed by atoms with Crippen molar-refractivity contribution < 1.29 is 28.8 Å². The first-order chi connectivity index (χ1) is 17.6. The molecular formula is C25H21N5O7. The molecule has 2 heterocycles. The quantitative estimate of drug-likeness (QED) is 0.207.